The Balaban J connectivity index is 2.22. The molecule has 3 heteroatoms. The minimum Gasteiger partial charge on any atom is -0.392 e. The van der Waals surface area contributed by atoms with Gasteiger partial charge in [0.2, 0.25) is 0 Å². The number of pyridine rings is 1. The third-order valence-electron chi connectivity index (χ3n) is 3.86. The fourth-order valence-electron chi connectivity index (χ4n) is 2.90. The summed E-state index contributed by atoms with van der Waals surface area (Å²) in [6, 6.07) is 8.11. The summed E-state index contributed by atoms with van der Waals surface area (Å²) >= 11 is 0. The normalized spacial score (nSPS) is 16.3. The smallest absolute Gasteiger partial charge is 0.0697 e. The van der Waals surface area contributed by atoms with E-state index in [0.29, 0.717) is 5.92 Å². The first-order valence-corrected chi connectivity index (χ1v) is 6.62. The maximum atomic E-state index is 9.29. The summed E-state index contributed by atoms with van der Waals surface area (Å²) in [5.41, 5.74) is 6.36. The van der Waals surface area contributed by atoms with Gasteiger partial charge in [-0.2, -0.15) is 0 Å². The lowest BCUT2D eigenvalue weighted by atomic mass is 9.96. The van der Waals surface area contributed by atoms with E-state index in [2.05, 4.69) is 18.0 Å². The van der Waals surface area contributed by atoms with E-state index in [9.17, 15) is 10.2 Å². The monoisotopic (exact) mass is 255 g/mol. The van der Waals surface area contributed by atoms with E-state index in [0.717, 1.165) is 34.4 Å². The largest absolute Gasteiger partial charge is 0.392 e. The van der Waals surface area contributed by atoms with E-state index in [1.807, 2.05) is 18.2 Å². The molecule has 2 N–H and O–H groups in total. The average Bonchev–Trinajstić information content (AvgIpc) is 2.79. The van der Waals surface area contributed by atoms with Gasteiger partial charge in [0.25, 0.3) is 0 Å². The lowest BCUT2D eigenvalue weighted by Gasteiger charge is -2.09. The maximum Gasteiger partial charge on any atom is 0.0697 e. The molecule has 1 atom stereocenters. The molecule has 0 saturated carbocycles. The molecule has 3 nitrogen and oxygen atoms in total. The summed E-state index contributed by atoms with van der Waals surface area (Å²) in [6.45, 7) is 2.21. The van der Waals surface area contributed by atoms with Gasteiger partial charge in [-0.15, -0.1) is 0 Å². The van der Waals surface area contributed by atoms with Gasteiger partial charge in [0.1, 0.15) is 0 Å². The Morgan fingerprint density at radius 2 is 1.79 bits per heavy atom. The second-order valence-electron chi connectivity index (χ2n) is 4.98. The summed E-state index contributed by atoms with van der Waals surface area (Å²) in [6.07, 6.45) is 2.75. The molecular weight excluding hydrogens is 238 g/mol. The van der Waals surface area contributed by atoms with Gasteiger partial charge in [0.05, 0.1) is 18.9 Å². The topological polar surface area (TPSA) is 53.4 Å². The van der Waals surface area contributed by atoms with Crippen molar-refractivity contribution in [3.8, 4) is 11.1 Å². The minimum absolute atomic E-state index is 0.00605. The van der Waals surface area contributed by atoms with Crippen LogP contribution in [0.4, 0.5) is 0 Å². The van der Waals surface area contributed by atoms with Gasteiger partial charge in [-0.3, -0.25) is 4.98 Å². The van der Waals surface area contributed by atoms with Crippen molar-refractivity contribution in [1.29, 1.82) is 0 Å². The van der Waals surface area contributed by atoms with E-state index in [1.165, 1.54) is 5.56 Å². The number of aliphatic hydroxyl groups is 2. The van der Waals surface area contributed by atoms with Crippen LogP contribution in [0.3, 0.4) is 0 Å². The fourth-order valence-corrected chi connectivity index (χ4v) is 2.90. The standard InChI is InChI=1S/C16H17NO2/c1-2-12-13-4-3-10(8-18)5-14(13)15-6-11(9-19)7-17-16(12)15/h3-7,12,18-19H,2,8-9H2,1H3. The van der Waals surface area contributed by atoms with Crippen molar-refractivity contribution < 1.29 is 10.2 Å². The average molecular weight is 255 g/mol. The molecule has 1 aromatic heterocycles. The van der Waals surface area contributed by atoms with E-state index in [-0.39, 0.29) is 13.2 Å². The molecule has 98 valence electrons. The van der Waals surface area contributed by atoms with Gasteiger partial charge in [-0.25, -0.2) is 0 Å². The first-order valence-electron chi connectivity index (χ1n) is 6.62. The van der Waals surface area contributed by atoms with Crippen molar-refractivity contribution in [1.82, 2.24) is 4.98 Å². The number of rotatable bonds is 3. The predicted molar refractivity (Wildman–Crippen MR) is 73.7 cm³/mol. The number of nitrogens with zero attached hydrogens (tertiary/aromatic N) is 1. The van der Waals surface area contributed by atoms with Crippen molar-refractivity contribution in [3.63, 3.8) is 0 Å². The Bertz CT molecular complexity index is 569. The van der Waals surface area contributed by atoms with Crippen molar-refractivity contribution in [3.05, 3.63) is 52.8 Å². The molecule has 0 fully saturated rings. The molecule has 0 amide bonds. The molecule has 0 bridgehead atoms. The molecule has 0 saturated heterocycles. The van der Waals surface area contributed by atoms with E-state index in [4.69, 9.17) is 0 Å². The van der Waals surface area contributed by atoms with Crippen LogP contribution in [0.1, 0.15) is 41.6 Å². The first-order chi connectivity index (χ1) is 9.28. The minimum atomic E-state index is 0.00605. The van der Waals surface area contributed by atoms with Crippen LogP contribution < -0.4 is 0 Å². The molecule has 19 heavy (non-hydrogen) atoms. The summed E-state index contributed by atoms with van der Waals surface area (Å²) in [7, 11) is 0. The predicted octanol–water partition coefficient (Wildman–Crippen LogP) is 2.59. The van der Waals surface area contributed by atoms with Crippen molar-refractivity contribution in [2.45, 2.75) is 32.5 Å². The van der Waals surface area contributed by atoms with Crippen LogP contribution in [0.5, 0.6) is 0 Å². The number of aromatic nitrogens is 1. The zero-order valence-corrected chi connectivity index (χ0v) is 10.9. The Kier molecular flexibility index (Phi) is 3.09. The lowest BCUT2D eigenvalue weighted by Crippen LogP contribution is -1.98. The summed E-state index contributed by atoms with van der Waals surface area (Å²) in [5, 5.41) is 18.5. The van der Waals surface area contributed by atoms with Gasteiger partial charge in [-0.05, 0) is 40.8 Å². The second-order valence-corrected chi connectivity index (χ2v) is 4.98. The van der Waals surface area contributed by atoms with Gasteiger partial charge in [0.15, 0.2) is 0 Å². The van der Waals surface area contributed by atoms with Crippen molar-refractivity contribution in [2.24, 2.45) is 0 Å². The highest BCUT2D eigenvalue weighted by atomic mass is 16.3. The number of hydrogen-bond acceptors (Lipinski definition) is 3. The number of benzene rings is 1. The lowest BCUT2D eigenvalue weighted by molar-refractivity contribution is 0.281. The zero-order chi connectivity index (χ0) is 13.4. The van der Waals surface area contributed by atoms with E-state index in [1.54, 1.807) is 6.20 Å². The first kappa shape index (κ1) is 12.3. The third kappa shape index (κ3) is 1.86. The Hall–Kier alpha value is -1.71. The molecule has 3 rings (SSSR count). The molecule has 2 aromatic rings. The highest BCUT2D eigenvalue weighted by molar-refractivity contribution is 5.78. The quantitative estimate of drug-likeness (QED) is 0.886. The maximum absolute atomic E-state index is 9.29. The molecule has 1 aromatic carbocycles. The van der Waals surface area contributed by atoms with E-state index < -0.39 is 0 Å². The fraction of sp³-hybridized carbons (Fsp3) is 0.312. The zero-order valence-electron chi connectivity index (χ0n) is 10.9. The highest BCUT2D eigenvalue weighted by Gasteiger charge is 2.29. The number of aliphatic hydroxyl groups excluding tert-OH is 2. The second kappa shape index (κ2) is 4.76. The molecule has 0 spiro atoms. The van der Waals surface area contributed by atoms with E-state index >= 15 is 0 Å². The molecule has 1 unspecified atom stereocenters. The van der Waals surface area contributed by atoms with Gasteiger partial charge < -0.3 is 10.2 Å². The molecule has 1 aliphatic carbocycles. The third-order valence-corrected chi connectivity index (χ3v) is 3.86. The summed E-state index contributed by atoms with van der Waals surface area (Å²) < 4.78 is 0. The van der Waals surface area contributed by atoms with Crippen LogP contribution in [0.2, 0.25) is 0 Å². The number of fused-ring (bicyclic) bond motifs is 3. The van der Waals surface area contributed by atoms with Crippen molar-refractivity contribution >= 4 is 0 Å². The summed E-state index contributed by atoms with van der Waals surface area (Å²) in [4.78, 5) is 4.53. The molecular formula is C16H17NO2. The van der Waals surface area contributed by atoms with Crippen LogP contribution >= 0.6 is 0 Å². The molecule has 0 aliphatic heterocycles. The Morgan fingerprint density at radius 3 is 2.47 bits per heavy atom. The van der Waals surface area contributed by atoms with Crippen LogP contribution in [0.25, 0.3) is 11.1 Å². The molecule has 1 heterocycles. The van der Waals surface area contributed by atoms with Gasteiger partial charge in [-0.1, -0.05) is 19.1 Å². The van der Waals surface area contributed by atoms with Crippen LogP contribution in [-0.2, 0) is 13.2 Å². The summed E-state index contributed by atoms with van der Waals surface area (Å²) in [5.74, 6) is 0.325. The molecule has 0 radical (unpaired) electrons. The Labute approximate surface area is 112 Å². The Morgan fingerprint density at radius 1 is 1.05 bits per heavy atom. The molecule has 1 aliphatic rings. The van der Waals surface area contributed by atoms with Crippen LogP contribution in [-0.4, -0.2) is 15.2 Å². The number of hydrogen-bond donors (Lipinski definition) is 2. The van der Waals surface area contributed by atoms with Gasteiger partial charge in [0, 0.05) is 17.7 Å². The SMILES string of the molecule is CCC1c2ccc(CO)cc2-c2cc(CO)cnc21. The highest BCUT2D eigenvalue weighted by Crippen LogP contribution is 2.45. The van der Waals surface area contributed by atoms with Crippen LogP contribution in [0, 0.1) is 0 Å². The van der Waals surface area contributed by atoms with Crippen molar-refractivity contribution in [2.75, 3.05) is 0 Å². The van der Waals surface area contributed by atoms with Gasteiger partial charge >= 0.3 is 0 Å². The van der Waals surface area contributed by atoms with Crippen LogP contribution in [0.15, 0.2) is 30.5 Å².